The number of hydrogen-bond donors (Lipinski definition) is 2. The van der Waals surface area contributed by atoms with Gasteiger partial charge in [-0.2, -0.15) is 0 Å². The van der Waals surface area contributed by atoms with Gasteiger partial charge in [0.1, 0.15) is 6.04 Å². The molecule has 3 N–H and O–H groups in total. The molecule has 3 amide bonds. The third-order valence-electron chi connectivity index (χ3n) is 9.60. The number of likely N-dealkylation sites (tertiary alicyclic amines) is 1. The first-order chi connectivity index (χ1) is 20.9. The van der Waals surface area contributed by atoms with E-state index in [1.54, 1.807) is 0 Å². The Labute approximate surface area is 256 Å². The minimum atomic E-state index is -0.579. The number of nitrogens with two attached hydrogens (primary N) is 1. The summed E-state index contributed by atoms with van der Waals surface area (Å²) in [5.41, 5.74) is 9.21. The molecule has 2 unspecified atom stereocenters. The summed E-state index contributed by atoms with van der Waals surface area (Å²) in [6, 6.07) is 22.7. The van der Waals surface area contributed by atoms with Crippen LogP contribution < -0.4 is 11.1 Å². The number of hydrogen-bond acceptors (Lipinski definition) is 3. The van der Waals surface area contributed by atoms with Gasteiger partial charge in [-0.15, -0.1) is 0 Å². The Hall–Kier alpha value is -3.67. The molecule has 3 atom stereocenters. The van der Waals surface area contributed by atoms with E-state index in [9.17, 15) is 14.4 Å². The lowest BCUT2D eigenvalue weighted by Crippen LogP contribution is -2.50. The normalized spacial score (nSPS) is 19.2. The predicted molar refractivity (Wildman–Crippen MR) is 173 cm³/mol. The number of primary amides is 1. The third-order valence-corrected chi connectivity index (χ3v) is 9.60. The second kappa shape index (κ2) is 14.7. The average Bonchev–Trinajstić information content (AvgIpc) is 3.48. The summed E-state index contributed by atoms with van der Waals surface area (Å²) < 4.78 is 0. The first kappa shape index (κ1) is 30.8. The summed E-state index contributed by atoms with van der Waals surface area (Å²) in [5, 5.41) is 5.54. The Morgan fingerprint density at radius 1 is 0.884 bits per heavy atom. The van der Waals surface area contributed by atoms with Crippen LogP contribution >= 0.6 is 0 Å². The van der Waals surface area contributed by atoms with Gasteiger partial charge in [0.2, 0.25) is 17.7 Å². The maximum absolute atomic E-state index is 13.8. The fourth-order valence-electron chi connectivity index (χ4n) is 7.14. The van der Waals surface area contributed by atoms with E-state index in [4.69, 9.17) is 5.73 Å². The van der Waals surface area contributed by atoms with Crippen LogP contribution in [-0.2, 0) is 20.9 Å². The number of nitrogens with one attached hydrogen (secondary N) is 1. The molecule has 228 valence electrons. The van der Waals surface area contributed by atoms with Crippen molar-refractivity contribution in [2.75, 3.05) is 6.54 Å². The SMILES string of the molecule is CCCCC(C(N)=O)C(CC1CCCC1)C(=O)N[C@H]1CCCCN(Cc2cccc(-c3ccc4ccccc4c3)c2)C1=O. The number of benzene rings is 3. The van der Waals surface area contributed by atoms with Gasteiger partial charge in [-0.05, 0) is 77.6 Å². The molecule has 6 heteroatoms. The van der Waals surface area contributed by atoms with E-state index < -0.39 is 23.8 Å². The second-order valence-corrected chi connectivity index (χ2v) is 12.7. The standard InChI is InChI=1S/C37H47N3O3/c1-2-3-17-32(35(38)41)33(23-26-11-4-5-12-26)36(42)39-34-18-8-9-21-40(37(34)43)25-27-13-10-16-29(22-27)31-20-19-28-14-6-7-15-30(28)24-31/h6-7,10,13-16,19-20,22,24,26,32-34H,2-5,8-9,11-12,17-18,21,23,25H2,1H3,(H2,38,41)(H,39,42)/t32?,33?,34-/m0/s1. The van der Waals surface area contributed by atoms with E-state index in [-0.39, 0.29) is 11.8 Å². The van der Waals surface area contributed by atoms with Crippen LogP contribution in [0.15, 0.2) is 66.7 Å². The van der Waals surface area contributed by atoms with Crippen LogP contribution in [0.1, 0.15) is 83.1 Å². The highest BCUT2D eigenvalue weighted by Crippen LogP contribution is 2.35. The van der Waals surface area contributed by atoms with Crippen LogP contribution in [-0.4, -0.2) is 35.2 Å². The zero-order valence-corrected chi connectivity index (χ0v) is 25.6. The van der Waals surface area contributed by atoms with Crippen molar-refractivity contribution in [2.24, 2.45) is 23.5 Å². The molecular weight excluding hydrogens is 534 g/mol. The van der Waals surface area contributed by atoms with Gasteiger partial charge in [-0.25, -0.2) is 0 Å². The Balaban J connectivity index is 1.30. The summed E-state index contributed by atoms with van der Waals surface area (Å²) >= 11 is 0. The molecule has 2 aliphatic rings. The number of unbranched alkanes of at least 4 members (excludes halogenated alkanes) is 1. The Kier molecular flexibility index (Phi) is 10.5. The molecule has 0 bridgehead atoms. The maximum atomic E-state index is 13.8. The Bertz CT molecular complexity index is 1410. The summed E-state index contributed by atoms with van der Waals surface area (Å²) in [7, 11) is 0. The highest BCUT2D eigenvalue weighted by Gasteiger charge is 2.37. The lowest BCUT2D eigenvalue weighted by molar-refractivity contribution is -0.139. The van der Waals surface area contributed by atoms with Gasteiger partial charge in [0, 0.05) is 24.9 Å². The summed E-state index contributed by atoms with van der Waals surface area (Å²) in [5.74, 6) is -1.14. The number of carbonyl (C=O) groups is 3. The van der Waals surface area contributed by atoms with Crippen LogP contribution in [0.3, 0.4) is 0 Å². The highest BCUT2D eigenvalue weighted by molar-refractivity contribution is 5.91. The van der Waals surface area contributed by atoms with E-state index >= 15 is 0 Å². The van der Waals surface area contributed by atoms with Crippen molar-refractivity contribution < 1.29 is 14.4 Å². The van der Waals surface area contributed by atoms with E-state index in [1.807, 2.05) is 4.90 Å². The van der Waals surface area contributed by atoms with Gasteiger partial charge in [-0.3, -0.25) is 14.4 Å². The summed E-state index contributed by atoms with van der Waals surface area (Å²) in [6.45, 7) is 3.25. The van der Waals surface area contributed by atoms with E-state index in [2.05, 4.69) is 79.0 Å². The van der Waals surface area contributed by atoms with Crippen LogP contribution in [0.2, 0.25) is 0 Å². The topological polar surface area (TPSA) is 92.5 Å². The van der Waals surface area contributed by atoms with Crippen LogP contribution in [0.5, 0.6) is 0 Å². The Morgan fingerprint density at radius 2 is 1.63 bits per heavy atom. The zero-order valence-electron chi connectivity index (χ0n) is 25.6. The van der Waals surface area contributed by atoms with Gasteiger partial charge in [0.15, 0.2) is 0 Å². The van der Waals surface area contributed by atoms with Crippen LogP contribution in [0.4, 0.5) is 0 Å². The van der Waals surface area contributed by atoms with Gasteiger partial charge in [-0.1, -0.05) is 100 Å². The molecule has 1 saturated heterocycles. The van der Waals surface area contributed by atoms with Gasteiger partial charge < -0.3 is 16.0 Å². The monoisotopic (exact) mass is 581 g/mol. The van der Waals surface area contributed by atoms with Crippen LogP contribution in [0.25, 0.3) is 21.9 Å². The molecule has 1 aliphatic heterocycles. The summed E-state index contributed by atoms with van der Waals surface area (Å²) in [6.07, 6.45) is 10.0. The fourth-order valence-corrected chi connectivity index (χ4v) is 7.14. The van der Waals surface area contributed by atoms with Crippen molar-refractivity contribution in [2.45, 2.75) is 90.1 Å². The van der Waals surface area contributed by atoms with Crippen LogP contribution in [0, 0.1) is 17.8 Å². The zero-order chi connectivity index (χ0) is 30.2. The number of rotatable bonds is 12. The quantitative estimate of drug-likeness (QED) is 0.241. The molecule has 0 aromatic heterocycles. The maximum Gasteiger partial charge on any atom is 0.245 e. The minimum absolute atomic E-state index is 0.0363. The van der Waals surface area contributed by atoms with Crippen molar-refractivity contribution in [3.05, 3.63) is 72.3 Å². The molecule has 43 heavy (non-hydrogen) atoms. The highest BCUT2D eigenvalue weighted by atomic mass is 16.2. The lowest BCUT2D eigenvalue weighted by Gasteiger charge is -2.30. The fraction of sp³-hybridized carbons (Fsp3) is 0.486. The molecule has 3 aromatic rings. The largest absolute Gasteiger partial charge is 0.369 e. The molecule has 1 aliphatic carbocycles. The van der Waals surface area contributed by atoms with Gasteiger partial charge in [0.05, 0.1) is 0 Å². The first-order valence-corrected chi connectivity index (χ1v) is 16.4. The number of nitrogens with zero attached hydrogens (tertiary/aromatic N) is 1. The first-order valence-electron chi connectivity index (χ1n) is 16.4. The number of amides is 3. The lowest BCUT2D eigenvalue weighted by atomic mass is 9.80. The summed E-state index contributed by atoms with van der Waals surface area (Å²) in [4.78, 5) is 42.1. The average molecular weight is 582 g/mol. The van der Waals surface area contributed by atoms with Gasteiger partial charge >= 0.3 is 0 Å². The molecular formula is C37H47N3O3. The third kappa shape index (κ3) is 7.84. The molecule has 0 radical (unpaired) electrons. The molecule has 2 fully saturated rings. The van der Waals surface area contributed by atoms with E-state index in [1.165, 1.54) is 23.6 Å². The van der Waals surface area contributed by atoms with Crippen molar-refractivity contribution in [3.63, 3.8) is 0 Å². The van der Waals surface area contributed by atoms with E-state index in [0.29, 0.717) is 38.3 Å². The van der Waals surface area contributed by atoms with Crippen molar-refractivity contribution in [1.82, 2.24) is 10.2 Å². The van der Waals surface area contributed by atoms with Crippen molar-refractivity contribution in [3.8, 4) is 11.1 Å². The van der Waals surface area contributed by atoms with Crippen molar-refractivity contribution in [1.29, 1.82) is 0 Å². The molecule has 5 rings (SSSR count). The van der Waals surface area contributed by atoms with Crippen molar-refractivity contribution >= 4 is 28.5 Å². The predicted octanol–water partition coefficient (Wildman–Crippen LogP) is 6.99. The molecule has 6 nitrogen and oxygen atoms in total. The van der Waals surface area contributed by atoms with E-state index in [0.717, 1.165) is 55.2 Å². The molecule has 3 aromatic carbocycles. The smallest absolute Gasteiger partial charge is 0.245 e. The number of fused-ring (bicyclic) bond motifs is 1. The van der Waals surface area contributed by atoms with Gasteiger partial charge in [0.25, 0.3) is 0 Å². The minimum Gasteiger partial charge on any atom is -0.369 e. The molecule has 1 saturated carbocycles. The number of carbonyl (C=O) groups excluding carboxylic acids is 3. The Morgan fingerprint density at radius 3 is 2.40 bits per heavy atom. The second-order valence-electron chi connectivity index (χ2n) is 12.7. The molecule has 1 heterocycles. The molecule has 0 spiro atoms.